The predicted molar refractivity (Wildman–Crippen MR) is 133 cm³/mol. The van der Waals surface area contributed by atoms with E-state index in [4.69, 9.17) is 9.72 Å². The molecule has 0 saturated carbocycles. The summed E-state index contributed by atoms with van der Waals surface area (Å²) < 4.78 is 19.6. The number of halogens is 1. The number of hydrogen-bond acceptors (Lipinski definition) is 6. The molecule has 0 radical (unpaired) electrons. The minimum absolute atomic E-state index is 0.0843. The Bertz CT molecular complexity index is 1510. The number of carbonyl (C=O) groups is 2. The Balaban J connectivity index is 1.73. The highest BCUT2D eigenvalue weighted by molar-refractivity contribution is 7.22. The highest BCUT2D eigenvalue weighted by atomic mass is 32.1. The van der Waals surface area contributed by atoms with E-state index in [0.29, 0.717) is 16.4 Å². The van der Waals surface area contributed by atoms with Gasteiger partial charge in [-0.25, -0.2) is 9.37 Å². The van der Waals surface area contributed by atoms with Crippen molar-refractivity contribution in [2.45, 2.75) is 19.9 Å². The van der Waals surface area contributed by atoms with E-state index in [1.54, 1.807) is 31.4 Å². The van der Waals surface area contributed by atoms with E-state index < -0.39 is 23.5 Å². The molecule has 5 rings (SSSR count). The Hall–Kier alpha value is -4.04. The third kappa shape index (κ3) is 3.85. The number of benzene rings is 3. The number of ether oxygens (including phenoxy) is 1. The second-order valence-corrected chi connectivity index (χ2v) is 9.38. The third-order valence-electron chi connectivity index (χ3n) is 6.02. The first-order valence-electron chi connectivity index (χ1n) is 10.9. The summed E-state index contributed by atoms with van der Waals surface area (Å²) in [4.78, 5) is 32.7. The molecule has 0 aliphatic carbocycles. The molecule has 1 saturated heterocycles. The number of Topliss-reactive ketones (excluding diaryl/α,β-unsaturated/α-hetero) is 1. The van der Waals surface area contributed by atoms with E-state index in [0.717, 1.165) is 21.3 Å². The monoisotopic (exact) mass is 488 g/mol. The van der Waals surface area contributed by atoms with Crippen LogP contribution in [0.5, 0.6) is 5.75 Å². The molecule has 0 unspecified atom stereocenters. The SMILES string of the molecule is COc1ccc([C@H]2/C(=C(\O)c3ccc(F)cc3)C(=O)C(=O)N2c2nc3c(C)cc(C)cc3s2)cc1. The van der Waals surface area contributed by atoms with E-state index in [9.17, 15) is 19.1 Å². The molecule has 4 aromatic rings. The van der Waals surface area contributed by atoms with Gasteiger partial charge in [-0.1, -0.05) is 29.5 Å². The Morgan fingerprint density at radius 3 is 2.40 bits per heavy atom. The number of aromatic nitrogens is 1. The maximum absolute atomic E-state index is 13.5. The van der Waals surface area contributed by atoms with E-state index in [-0.39, 0.29) is 16.9 Å². The largest absolute Gasteiger partial charge is 0.507 e. The molecular weight excluding hydrogens is 467 g/mol. The summed E-state index contributed by atoms with van der Waals surface area (Å²) in [7, 11) is 1.54. The van der Waals surface area contributed by atoms with Crippen LogP contribution in [-0.4, -0.2) is 28.9 Å². The van der Waals surface area contributed by atoms with Crippen LogP contribution in [0.4, 0.5) is 9.52 Å². The molecule has 1 aromatic heterocycles. The van der Waals surface area contributed by atoms with Crippen LogP contribution in [0.3, 0.4) is 0 Å². The van der Waals surface area contributed by atoms with E-state index in [1.807, 2.05) is 26.0 Å². The van der Waals surface area contributed by atoms with E-state index >= 15 is 0 Å². The smallest absolute Gasteiger partial charge is 0.301 e. The summed E-state index contributed by atoms with van der Waals surface area (Å²) >= 11 is 1.31. The standard InChI is InChI=1S/C27H21FN2O4S/c1-14-12-15(2)22-20(13-14)35-27(29-22)30-23(16-6-10-19(34-3)11-7-16)21(25(32)26(30)33)24(31)17-4-8-18(28)9-5-17/h4-13,23,31H,1-3H3/b24-21+/t23-/m0/s1. The zero-order valence-electron chi connectivity index (χ0n) is 19.2. The topological polar surface area (TPSA) is 79.7 Å². The van der Waals surface area contributed by atoms with Gasteiger partial charge in [0, 0.05) is 5.56 Å². The first-order valence-corrected chi connectivity index (χ1v) is 11.7. The number of aliphatic hydroxyl groups is 1. The molecule has 1 aliphatic heterocycles. The van der Waals surface area contributed by atoms with E-state index in [1.165, 1.54) is 40.5 Å². The second kappa shape index (κ2) is 8.63. The summed E-state index contributed by atoms with van der Waals surface area (Å²) in [6.07, 6.45) is 0. The van der Waals surface area contributed by atoms with Crippen LogP contribution < -0.4 is 9.64 Å². The van der Waals surface area contributed by atoms with E-state index in [2.05, 4.69) is 0 Å². The van der Waals surface area contributed by atoms with Crippen LogP contribution in [0.15, 0.2) is 66.2 Å². The normalized spacial score (nSPS) is 17.4. The van der Waals surface area contributed by atoms with Gasteiger partial charge in [-0.3, -0.25) is 14.5 Å². The van der Waals surface area contributed by atoms with Crippen molar-refractivity contribution in [2.24, 2.45) is 0 Å². The molecule has 35 heavy (non-hydrogen) atoms. The minimum atomic E-state index is -0.923. The van der Waals surface area contributed by atoms with Crippen molar-refractivity contribution in [3.8, 4) is 5.75 Å². The lowest BCUT2D eigenvalue weighted by atomic mass is 9.95. The number of thiazole rings is 1. The number of hydrogen-bond donors (Lipinski definition) is 1. The summed E-state index contributed by atoms with van der Waals surface area (Å²) in [6.45, 7) is 3.93. The van der Waals surface area contributed by atoms with Crippen molar-refractivity contribution >= 4 is 44.1 Å². The molecular formula is C27H21FN2O4S. The first kappa shape index (κ1) is 22.7. The van der Waals surface area contributed by atoms with Gasteiger partial charge >= 0.3 is 5.91 Å². The number of fused-ring (bicyclic) bond motifs is 1. The van der Waals surface area contributed by atoms with Crippen LogP contribution in [0.2, 0.25) is 0 Å². The first-order chi connectivity index (χ1) is 16.8. The van der Waals surface area contributed by atoms with Gasteiger partial charge in [-0.15, -0.1) is 0 Å². The van der Waals surface area contributed by atoms with Crippen molar-refractivity contribution in [2.75, 3.05) is 12.0 Å². The molecule has 3 aromatic carbocycles. The Labute approximate surface area is 204 Å². The number of anilines is 1. The number of ketones is 1. The molecule has 8 heteroatoms. The second-order valence-electron chi connectivity index (χ2n) is 8.37. The zero-order valence-corrected chi connectivity index (χ0v) is 20.0. The van der Waals surface area contributed by atoms with Crippen molar-refractivity contribution < 1.29 is 23.8 Å². The highest BCUT2D eigenvalue weighted by Crippen LogP contribution is 2.45. The maximum Gasteiger partial charge on any atom is 0.301 e. The fourth-order valence-corrected chi connectivity index (χ4v) is 5.53. The average Bonchev–Trinajstić information content (AvgIpc) is 3.38. The van der Waals surface area contributed by atoms with Crippen molar-refractivity contribution in [3.05, 3.63) is 94.3 Å². The van der Waals surface area contributed by atoms with Gasteiger partial charge in [0.05, 0.1) is 28.9 Å². The molecule has 0 spiro atoms. The van der Waals surface area contributed by atoms with Crippen LogP contribution in [0.25, 0.3) is 16.0 Å². The van der Waals surface area contributed by atoms with Gasteiger partial charge in [0.25, 0.3) is 5.78 Å². The number of nitrogens with zero attached hydrogens (tertiary/aromatic N) is 2. The van der Waals surface area contributed by atoms with Gasteiger partial charge in [0.15, 0.2) is 5.13 Å². The van der Waals surface area contributed by atoms with Gasteiger partial charge in [-0.2, -0.15) is 0 Å². The summed E-state index contributed by atoms with van der Waals surface area (Å²) in [5, 5.41) is 11.5. The molecule has 1 fully saturated rings. The lowest BCUT2D eigenvalue weighted by Gasteiger charge is -2.23. The fraction of sp³-hybridized carbons (Fsp3) is 0.148. The van der Waals surface area contributed by atoms with Crippen molar-refractivity contribution in [1.29, 1.82) is 0 Å². The van der Waals surface area contributed by atoms with Gasteiger partial charge in [0.2, 0.25) is 0 Å². The van der Waals surface area contributed by atoms with Gasteiger partial charge in [0.1, 0.15) is 17.3 Å². The Kier molecular flexibility index (Phi) is 5.61. The van der Waals surface area contributed by atoms with Gasteiger partial charge < -0.3 is 9.84 Å². The molecule has 2 heterocycles. The fourth-order valence-electron chi connectivity index (χ4n) is 4.36. The predicted octanol–water partition coefficient (Wildman–Crippen LogP) is 5.69. The van der Waals surface area contributed by atoms with Crippen molar-refractivity contribution in [1.82, 2.24) is 4.98 Å². The van der Waals surface area contributed by atoms with Crippen molar-refractivity contribution in [3.63, 3.8) is 0 Å². The zero-order chi connectivity index (χ0) is 24.9. The molecule has 1 atom stereocenters. The summed E-state index contributed by atoms with van der Waals surface area (Å²) in [6, 6.07) is 15.1. The number of amides is 1. The Morgan fingerprint density at radius 1 is 1.06 bits per heavy atom. The number of aliphatic hydroxyl groups excluding tert-OH is 1. The summed E-state index contributed by atoms with van der Waals surface area (Å²) in [5.41, 5.74) is 3.53. The third-order valence-corrected chi connectivity index (χ3v) is 7.02. The van der Waals surface area contributed by atoms with Gasteiger partial charge in [-0.05, 0) is 73.0 Å². The quantitative estimate of drug-likeness (QED) is 0.227. The lowest BCUT2D eigenvalue weighted by Crippen LogP contribution is -2.29. The highest BCUT2D eigenvalue weighted by Gasteiger charge is 2.48. The molecule has 6 nitrogen and oxygen atoms in total. The number of methoxy groups -OCH3 is 1. The van der Waals surface area contributed by atoms with Crippen LogP contribution in [0.1, 0.15) is 28.3 Å². The molecule has 1 amide bonds. The number of aryl methyl sites for hydroxylation is 2. The maximum atomic E-state index is 13.5. The molecule has 1 N–H and O–H groups in total. The number of rotatable bonds is 4. The van der Waals surface area contributed by atoms with Crippen LogP contribution in [0, 0.1) is 19.7 Å². The molecule has 0 bridgehead atoms. The average molecular weight is 489 g/mol. The molecule has 1 aliphatic rings. The van der Waals surface area contributed by atoms with Crippen LogP contribution in [-0.2, 0) is 9.59 Å². The molecule has 176 valence electrons. The van der Waals surface area contributed by atoms with Crippen LogP contribution >= 0.6 is 11.3 Å². The summed E-state index contributed by atoms with van der Waals surface area (Å²) in [5.74, 6) is -1.87. The lowest BCUT2D eigenvalue weighted by molar-refractivity contribution is -0.132. The number of carbonyl (C=O) groups excluding carboxylic acids is 2. The Morgan fingerprint density at radius 2 is 1.74 bits per heavy atom. The minimum Gasteiger partial charge on any atom is -0.507 e.